The van der Waals surface area contributed by atoms with E-state index in [-0.39, 0.29) is 17.9 Å². The van der Waals surface area contributed by atoms with Gasteiger partial charge in [-0.25, -0.2) is 9.97 Å². The molecule has 1 aromatic carbocycles. The Labute approximate surface area is 202 Å². The summed E-state index contributed by atoms with van der Waals surface area (Å²) in [4.78, 5) is 42.8. The maximum atomic E-state index is 13.4. The minimum Gasteiger partial charge on any atom is -0.480 e. The standard InChI is InChI=1S/C25H27N7O3/c1-16-15-31(23-22-28-9-11-30(22)12-10-29-23)13-14-32(16)25(34)17(2)35-20-6-4-5-19-18(20)7-8-27-21(19)24(33)26-3/h4-12,16-17H,13-15H2,1-3H3,(H,26,33)/t16?,17-/m0/s1. The van der Waals surface area contributed by atoms with Crippen LogP contribution < -0.4 is 15.0 Å². The van der Waals surface area contributed by atoms with Crippen LogP contribution in [0.4, 0.5) is 5.82 Å². The molecule has 180 valence electrons. The number of carbonyl (C=O) groups excluding carboxylic acids is 2. The van der Waals surface area contributed by atoms with Gasteiger partial charge in [0.1, 0.15) is 11.4 Å². The number of aromatic nitrogens is 4. The van der Waals surface area contributed by atoms with E-state index in [1.54, 1.807) is 50.8 Å². The molecule has 1 N–H and O–H groups in total. The van der Waals surface area contributed by atoms with E-state index in [1.807, 2.05) is 34.7 Å². The summed E-state index contributed by atoms with van der Waals surface area (Å²) >= 11 is 0. The van der Waals surface area contributed by atoms with Crippen molar-refractivity contribution in [3.05, 3.63) is 60.9 Å². The van der Waals surface area contributed by atoms with E-state index in [0.717, 1.165) is 16.9 Å². The van der Waals surface area contributed by atoms with Gasteiger partial charge in [-0.1, -0.05) is 12.1 Å². The van der Waals surface area contributed by atoms with Gasteiger partial charge in [-0.3, -0.25) is 14.6 Å². The Bertz CT molecular complexity index is 1400. The molecule has 10 nitrogen and oxygen atoms in total. The number of amides is 2. The molecule has 35 heavy (non-hydrogen) atoms. The van der Waals surface area contributed by atoms with Gasteiger partial charge in [0.25, 0.3) is 11.8 Å². The van der Waals surface area contributed by atoms with Gasteiger partial charge in [0.15, 0.2) is 17.6 Å². The van der Waals surface area contributed by atoms with E-state index in [1.165, 1.54) is 0 Å². The van der Waals surface area contributed by atoms with E-state index < -0.39 is 6.10 Å². The van der Waals surface area contributed by atoms with Gasteiger partial charge in [-0.05, 0) is 26.0 Å². The van der Waals surface area contributed by atoms with Crippen molar-refractivity contribution in [3.63, 3.8) is 0 Å². The third-order valence-electron chi connectivity index (χ3n) is 6.36. The minimum atomic E-state index is -0.694. The molecule has 1 fully saturated rings. The molecule has 1 saturated heterocycles. The molecule has 0 spiro atoms. The summed E-state index contributed by atoms with van der Waals surface area (Å²) in [5.41, 5.74) is 1.12. The van der Waals surface area contributed by atoms with Crippen LogP contribution in [0.5, 0.6) is 5.75 Å². The zero-order valence-corrected chi connectivity index (χ0v) is 19.9. The van der Waals surface area contributed by atoms with Crippen LogP contribution in [0.2, 0.25) is 0 Å². The van der Waals surface area contributed by atoms with Crippen LogP contribution in [0.15, 0.2) is 55.2 Å². The summed E-state index contributed by atoms with van der Waals surface area (Å²) in [7, 11) is 1.57. The first-order valence-corrected chi connectivity index (χ1v) is 11.6. The van der Waals surface area contributed by atoms with E-state index in [4.69, 9.17) is 4.74 Å². The van der Waals surface area contributed by atoms with Gasteiger partial charge in [0, 0.05) is 74.5 Å². The van der Waals surface area contributed by atoms with Crippen molar-refractivity contribution < 1.29 is 14.3 Å². The number of ether oxygens (including phenoxy) is 1. The Morgan fingerprint density at radius 1 is 1.06 bits per heavy atom. The SMILES string of the molecule is CNC(=O)c1nccc2c(O[C@@H](C)C(=O)N3CCN(c4nccn5ccnc45)CC3C)cccc12. The van der Waals surface area contributed by atoms with Gasteiger partial charge in [0.05, 0.1) is 0 Å². The third-order valence-corrected chi connectivity index (χ3v) is 6.36. The Balaban J connectivity index is 1.31. The molecule has 4 aromatic rings. The number of nitrogens with zero attached hydrogens (tertiary/aromatic N) is 6. The minimum absolute atomic E-state index is 0.0316. The van der Waals surface area contributed by atoms with Gasteiger partial charge < -0.3 is 24.3 Å². The molecule has 1 aliphatic rings. The maximum Gasteiger partial charge on any atom is 0.270 e. The molecular formula is C25H27N7O3. The average Bonchev–Trinajstić information content (AvgIpc) is 3.37. The first-order valence-electron chi connectivity index (χ1n) is 11.6. The highest BCUT2D eigenvalue weighted by atomic mass is 16.5. The molecule has 1 unspecified atom stereocenters. The molecule has 0 radical (unpaired) electrons. The fourth-order valence-corrected chi connectivity index (χ4v) is 4.60. The predicted octanol–water partition coefficient (Wildman–Crippen LogP) is 2.14. The Morgan fingerprint density at radius 2 is 1.86 bits per heavy atom. The van der Waals surface area contributed by atoms with E-state index in [0.29, 0.717) is 36.5 Å². The number of fused-ring (bicyclic) bond motifs is 2. The second-order valence-corrected chi connectivity index (χ2v) is 8.59. The number of pyridine rings is 1. The van der Waals surface area contributed by atoms with Crippen molar-refractivity contribution in [2.24, 2.45) is 0 Å². The van der Waals surface area contributed by atoms with Crippen LogP contribution in [0.3, 0.4) is 0 Å². The number of rotatable bonds is 5. The van der Waals surface area contributed by atoms with Crippen molar-refractivity contribution in [1.29, 1.82) is 0 Å². The number of hydrogen-bond acceptors (Lipinski definition) is 7. The molecule has 10 heteroatoms. The Kier molecular flexibility index (Phi) is 5.94. The molecule has 1 aliphatic heterocycles. The summed E-state index contributed by atoms with van der Waals surface area (Å²) in [6, 6.07) is 7.18. The fraction of sp³-hybridized carbons (Fsp3) is 0.320. The van der Waals surface area contributed by atoms with Crippen LogP contribution in [0.1, 0.15) is 24.3 Å². The van der Waals surface area contributed by atoms with Crippen LogP contribution in [0, 0.1) is 0 Å². The average molecular weight is 474 g/mol. The van der Waals surface area contributed by atoms with Crippen LogP contribution in [-0.4, -0.2) is 74.9 Å². The number of benzene rings is 1. The lowest BCUT2D eigenvalue weighted by molar-refractivity contribution is -0.140. The van der Waals surface area contributed by atoms with Crippen LogP contribution in [0.25, 0.3) is 16.4 Å². The van der Waals surface area contributed by atoms with Gasteiger partial charge >= 0.3 is 0 Å². The fourth-order valence-electron chi connectivity index (χ4n) is 4.60. The van der Waals surface area contributed by atoms with Crippen molar-refractivity contribution >= 4 is 34.1 Å². The van der Waals surface area contributed by atoms with E-state index in [2.05, 4.69) is 25.2 Å². The largest absolute Gasteiger partial charge is 0.480 e. The van der Waals surface area contributed by atoms with Crippen molar-refractivity contribution in [2.75, 3.05) is 31.6 Å². The molecule has 4 heterocycles. The van der Waals surface area contributed by atoms with Crippen LogP contribution in [-0.2, 0) is 4.79 Å². The lowest BCUT2D eigenvalue weighted by Gasteiger charge is -2.41. The second kappa shape index (κ2) is 9.21. The summed E-state index contributed by atoms with van der Waals surface area (Å²) < 4.78 is 8.07. The summed E-state index contributed by atoms with van der Waals surface area (Å²) in [5.74, 6) is 1.00. The van der Waals surface area contributed by atoms with Crippen molar-refractivity contribution in [1.82, 2.24) is 29.6 Å². The zero-order valence-electron chi connectivity index (χ0n) is 19.9. The number of hydrogen-bond donors (Lipinski definition) is 1. The highest BCUT2D eigenvalue weighted by molar-refractivity contribution is 6.06. The lowest BCUT2D eigenvalue weighted by atomic mass is 10.1. The highest BCUT2D eigenvalue weighted by Crippen LogP contribution is 2.28. The number of anilines is 1. The molecule has 2 amide bonds. The number of piperazine rings is 1. The molecule has 0 saturated carbocycles. The topological polar surface area (TPSA) is 105 Å². The third kappa shape index (κ3) is 4.11. The maximum absolute atomic E-state index is 13.4. The first kappa shape index (κ1) is 22.6. The molecule has 5 rings (SSSR count). The zero-order chi connectivity index (χ0) is 24.5. The molecule has 0 aliphatic carbocycles. The van der Waals surface area contributed by atoms with Crippen LogP contribution >= 0.6 is 0 Å². The van der Waals surface area contributed by atoms with E-state index in [9.17, 15) is 9.59 Å². The monoisotopic (exact) mass is 473 g/mol. The van der Waals surface area contributed by atoms with Gasteiger partial charge in [-0.2, -0.15) is 0 Å². The number of imidazole rings is 1. The molecule has 0 bridgehead atoms. The van der Waals surface area contributed by atoms with E-state index >= 15 is 0 Å². The second-order valence-electron chi connectivity index (χ2n) is 8.59. The highest BCUT2D eigenvalue weighted by Gasteiger charge is 2.32. The summed E-state index contributed by atoms with van der Waals surface area (Å²) in [6.45, 7) is 5.64. The van der Waals surface area contributed by atoms with Gasteiger partial charge in [0.2, 0.25) is 0 Å². The smallest absolute Gasteiger partial charge is 0.270 e. The molecule has 2 atom stereocenters. The summed E-state index contributed by atoms with van der Waals surface area (Å²) in [6.07, 6.45) is 8.15. The Hall–Kier alpha value is -4.21. The number of carbonyl (C=O) groups is 2. The van der Waals surface area contributed by atoms with Crippen molar-refractivity contribution in [2.45, 2.75) is 26.0 Å². The summed E-state index contributed by atoms with van der Waals surface area (Å²) in [5, 5.41) is 4.01. The van der Waals surface area contributed by atoms with Gasteiger partial charge in [-0.15, -0.1) is 0 Å². The first-order chi connectivity index (χ1) is 17.0. The lowest BCUT2D eigenvalue weighted by Crippen LogP contribution is -2.56. The predicted molar refractivity (Wildman–Crippen MR) is 132 cm³/mol. The van der Waals surface area contributed by atoms with Crippen molar-refractivity contribution in [3.8, 4) is 5.75 Å². The normalized spacial score (nSPS) is 16.9. The molecule has 3 aromatic heterocycles. The molecular weight excluding hydrogens is 446 g/mol. The quantitative estimate of drug-likeness (QED) is 0.473. The number of nitrogens with one attached hydrogen (secondary N) is 1. The Morgan fingerprint density at radius 3 is 2.63 bits per heavy atom.